The van der Waals surface area contributed by atoms with Crippen molar-refractivity contribution in [2.24, 2.45) is 0 Å². The van der Waals surface area contributed by atoms with Crippen LogP contribution >= 0.6 is 0 Å². The van der Waals surface area contributed by atoms with Gasteiger partial charge in [0.25, 0.3) is 11.8 Å². The van der Waals surface area contributed by atoms with Crippen LogP contribution in [0.25, 0.3) is 5.52 Å². The van der Waals surface area contributed by atoms with Gasteiger partial charge >= 0.3 is 0 Å². The van der Waals surface area contributed by atoms with Crippen molar-refractivity contribution in [1.29, 1.82) is 0 Å². The number of nitrogens with zero attached hydrogens (tertiary/aromatic N) is 4. The number of hydrogen-bond donors (Lipinski definition) is 0. The summed E-state index contributed by atoms with van der Waals surface area (Å²) in [6.45, 7) is 4.86. The first-order valence-electron chi connectivity index (χ1n) is 9.03. The summed E-state index contributed by atoms with van der Waals surface area (Å²) in [4.78, 5) is 33.3. The number of pyridine rings is 1. The summed E-state index contributed by atoms with van der Waals surface area (Å²) in [5, 5.41) is 0. The van der Waals surface area contributed by atoms with Crippen molar-refractivity contribution in [3.8, 4) is 0 Å². The molecule has 1 aliphatic heterocycles. The molecule has 1 fully saturated rings. The molecule has 2 aromatic rings. The Kier molecular flexibility index (Phi) is 5.23. The summed E-state index contributed by atoms with van der Waals surface area (Å²) >= 11 is 0. The number of fused-ring (bicyclic) bond motifs is 1. The van der Waals surface area contributed by atoms with Gasteiger partial charge in [0.15, 0.2) is 15.5 Å². The molecular formula is C18H24N4O4S. The van der Waals surface area contributed by atoms with Crippen LogP contribution in [0.4, 0.5) is 0 Å². The first-order chi connectivity index (χ1) is 12.8. The first kappa shape index (κ1) is 19.3. The number of amides is 2. The molecule has 146 valence electrons. The Bertz CT molecular complexity index is 978. The molecule has 9 heteroatoms. The maximum atomic E-state index is 13.0. The van der Waals surface area contributed by atoms with E-state index in [-0.39, 0.29) is 40.9 Å². The van der Waals surface area contributed by atoms with E-state index >= 15 is 0 Å². The largest absolute Gasteiger partial charge is 0.337 e. The third-order valence-electron chi connectivity index (χ3n) is 5.07. The number of aromatic nitrogens is 2. The average molecular weight is 392 g/mol. The fourth-order valence-electron chi connectivity index (χ4n) is 3.41. The van der Waals surface area contributed by atoms with Gasteiger partial charge in [-0.2, -0.15) is 0 Å². The van der Waals surface area contributed by atoms with Crippen molar-refractivity contribution in [2.45, 2.75) is 26.3 Å². The Balaban J connectivity index is 2.00. The highest BCUT2D eigenvalue weighted by Gasteiger charge is 2.35. The Hall–Kier alpha value is -2.42. The van der Waals surface area contributed by atoms with Crippen LogP contribution in [-0.2, 0) is 9.84 Å². The molecule has 0 aliphatic carbocycles. The normalized spacial score (nSPS) is 18.6. The Morgan fingerprint density at radius 1 is 1.22 bits per heavy atom. The Labute approximate surface area is 158 Å². The van der Waals surface area contributed by atoms with Crippen LogP contribution in [0, 0.1) is 0 Å². The molecule has 1 atom stereocenters. The fourth-order valence-corrected chi connectivity index (χ4v) is 5.19. The molecule has 0 spiro atoms. The zero-order valence-corrected chi connectivity index (χ0v) is 16.6. The average Bonchev–Trinajstić information content (AvgIpc) is 3.21. The summed E-state index contributed by atoms with van der Waals surface area (Å²) in [5.41, 5.74) is 0.698. The van der Waals surface area contributed by atoms with E-state index < -0.39 is 9.84 Å². The second-order valence-corrected chi connectivity index (χ2v) is 8.92. The zero-order chi connectivity index (χ0) is 19.8. The maximum Gasteiger partial charge on any atom is 0.290 e. The molecule has 27 heavy (non-hydrogen) atoms. The summed E-state index contributed by atoms with van der Waals surface area (Å²) < 4.78 is 25.1. The summed E-state index contributed by atoms with van der Waals surface area (Å²) in [6.07, 6.45) is 2.12. The number of sulfone groups is 1. The van der Waals surface area contributed by atoms with Gasteiger partial charge in [-0.3, -0.25) is 14.0 Å². The van der Waals surface area contributed by atoms with Gasteiger partial charge in [-0.1, -0.05) is 6.07 Å². The number of carbonyl (C=O) groups excluding carboxylic acids is 2. The quantitative estimate of drug-likeness (QED) is 0.759. The fraction of sp³-hybridized carbons (Fsp3) is 0.500. The highest BCUT2D eigenvalue weighted by atomic mass is 32.2. The predicted molar refractivity (Wildman–Crippen MR) is 102 cm³/mol. The predicted octanol–water partition coefficient (Wildman–Crippen LogP) is 1.08. The lowest BCUT2D eigenvalue weighted by atomic mass is 10.2. The molecule has 8 nitrogen and oxygen atoms in total. The van der Waals surface area contributed by atoms with Gasteiger partial charge in [0.05, 0.1) is 17.0 Å². The molecule has 0 radical (unpaired) electrons. The minimum absolute atomic E-state index is 0.0355. The van der Waals surface area contributed by atoms with Gasteiger partial charge in [0.2, 0.25) is 5.82 Å². The van der Waals surface area contributed by atoms with Crippen molar-refractivity contribution < 1.29 is 18.0 Å². The van der Waals surface area contributed by atoms with Crippen molar-refractivity contribution in [1.82, 2.24) is 19.2 Å². The monoisotopic (exact) mass is 392 g/mol. The van der Waals surface area contributed by atoms with E-state index in [0.29, 0.717) is 25.0 Å². The summed E-state index contributed by atoms with van der Waals surface area (Å²) in [7, 11) is -1.51. The highest BCUT2D eigenvalue weighted by molar-refractivity contribution is 7.91. The van der Waals surface area contributed by atoms with Crippen LogP contribution in [0.15, 0.2) is 24.4 Å². The van der Waals surface area contributed by atoms with Crippen molar-refractivity contribution >= 4 is 27.2 Å². The maximum absolute atomic E-state index is 13.0. The van der Waals surface area contributed by atoms with E-state index in [1.54, 1.807) is 40.7 Å². The van der Waals surface area contributed by atoms with Crippen LogP contribution in [0.1, 0.15) is 41.4 Å². The molecule has 3 heterocycles. The van der Waals surface area contributed by atoms with Crippen LogP contribution in [0.3, 0.4) is 0 Å². The third kappa shape index (κ3) is 3.55. The summed E-state index contributed by atoms with van der Waals surface area (Å²) in [6, 6.07) is 4.91. The topological polar surface area (TPSA) is 92.1 Å². The van der Waals surface area contributed by atoms with Crippen LogP contribution in [-0.4, -0.2) is 77.1 Å². The van der Waals surface area contributed by atoms with E-state index in [2.05, 4.69) is 4.98 Å². The lowest BCUT2D eigenvalue weighted by molar-refractivity contribution is 0.0743. The minimum atomic E-state index is -3.11. The Morgan fingerprint density at radius 2 is 1.93 bits per heavy atom. The van der Waals surface area contributed by atoms with Gasteiger partial charge < -0.3 is 9.80 Å². The van der Waals surface area contributed by atoms with E-state index in [0.717, 1.165) is 0 Å². The van der Waals surface area contributed by atoms with Gasteiger partial charge in [0.1, 0.15) is 0 Å². The molecule has 1 unspecified atom stereocenters. The van der Waals surface area contributed by atoms with Gasteiger partial charge in [-0.15, -0.1) is 0 Å². The van der Waals surface area contributed by atoms with Crippen LogP contribution < -0.4 is 0 Å². The van der Waals surface area contributed by atoms with Crippen molar-refractivity contribution in [3.05, 3.63) is 35.9 Å². The number of rotatable bonds is 5. The van der Waals surface area contributed by atoms with E-state index in [1.165, 1.54) is 4.90 Å². The van der Waals surface area contributed by atoms with E-state index in [9.17, 15) is 18.0 Å². The first-order valence-corrected chi connectivity index (χ1v) is 10.8. The highest BCUT2D eigenvalue weighted by Crippen LogP contribution is 2.21. The number of hydrogen-bond acceptors (Lipinski definition) is 5. The van der Waals surface area contributed by atoms with Crippen molar-refractivity contribution in [3.63, 3.8) is 0 Å². The molecule has 0 bridgehead atoms. The zero-order valence-electron chi connectivity index (χ0n) is 15.8. The molecule has 0 saturated carbocycles. The lowest BCUT2D eigenvalue weighted by Gasteiger charge is -2.22. The number of carbonyl (C=O) groups is 2. The second-order valence-electron chi connectivity index (χ2n) is 6.69. The van der Waals surface area contributed by atoms with Gasteiger partial charge in [-0.25, -0.2) is 13.4 Å². The van der Waals surface area contributed by atoms with Crippen LogP contribution in [0.5, 0.6) is 0 Å². The molecule has 2 aromatic heterocycles. The standard InChI is InChI=1S/C18H24N4O4S/c1-4-21(5-2)18(24)16-19-15(14-8-6-7-10-22(14)16)17(23)20(3)13-9-11-27(25,26)12-13/h6-8,10,13H,4-5,9,11-12H2,1-3H3. The van der Waals surface area contributed by atoms with Gasteiger partial charge in [0, 0.05) is 32.4 Å². The molecule has 1 aliphatic rings. The Morgan fingerprint density at radius 3 is 2.52 bits per heavy atom. The van der Waals surface area contributed by atoms with Gasteiger partial charge in [-0.05, 0) is 32.4 Å². The molecule has 0 N–H and O–H groups in total. The minimum Gasteiger partial charge on any atom is -0.337 e. The second kappa shape index (κ2) is 7.30. The van der Waals surface area contributed by atoms with E-state index in [4.69, 9.17) is 0 Å². The molecule has 0 aromatic carbocycles. The summed E-state index contributed by atoms with van der Waals surface area (Å²) in [5.74, 6) is -0.382. The molecule has 2 amide bonds. The SMILES string of the molecule is CCN(CC)C(=O)c1nc(C(=O)N(C)C2CCS(=O)(=O)C2)c2ccccn12. The third-order valence-corrected chi connectivity index (χ3v) is 6.82. The molecule has 1 saturated heterocycles. The molecule has 3 rings (SSSR count). The lowest BCUT2D eigenvalue weighted by Crippen LogP contribution is -2.38. The van der Waals surface area contributed by atoms with Crippen LogP contribution in [0.2, 0.25) is 0 Å². The van der Waals surface area contributed by atoms with Crippen molar-refractivity contribution in [2.75, 3.05) is 31.6 Å². The van der Waals surface area contributed by atoms with E-state index in [1.807, 2.05) is 13.8 Å². The number of imidazole rings is 1. The molecular weight excluding hydrogens is 368 g/mol. The smallest absolute Gasteiger partial charge is 0.290 e.